The van der Waals surface area contributed by atoms with E-state index in [1.54, 1.807) is 9.80 Å². The summed E-state index contributed by atoms with van der Waals surface area (Å²) in [6.07, 6.45) is -0.737. The van der Waals surface area contributed by atoms with E-state index in [0.717, 1.165) is 17.8 Å². The summed E-state index contributed by atoms with van der Waals surface area (Å²) in [6, 6.07) is 10.3. The number of piperazine rings is 1. The molecule has 160 valence electrons. The number of pyridine rings is 1. The van der Waals surface area contributed by atoms with E-state index in [4.69, 9.17) is 11.6 Å². The summed E-state index contributed by atoms with van der Waals surface area (Å²) in [4.78, 5) is 28.6. The van der Waals surface area contributed by atoms with Crippen LogP contribution in [0.2, 0.25) is 5.02 Å². The lowest BCUT2D eigenvalue weighted by atomic mass is 10.2. The van der Waals surface area contributed by atoms with E-state index >= 15 is 0 Å². The Hall–Kier alpha value is -3.20. The number of hydrogen-bond acceptors (Lipinski definition) is 5. The van der Waals surface area contributed by atoms with Crippen molar-refractivity contribution in [3.63, 3.8) is 0 Å². The minimum atomic E-state index is -4.50. The molecule has 3 aromatic rings. The number of alkyl halides is 3. The van der Waals surface area contributed by atoms with Crippen molar-refractivity contribution in [2.24, 2.45) is 0 Å². The zero-order valence-corrected chi connectivity index (χ0v) is 16.9. The highest BCUT2D eigenvalue weighted by Crippen LogP contribution is 2.33. The van der Waals surface area contributed by atoms with Gasteiger partial charge in [0.15, 0.2) is 5.82 Å². The van der Waals surface area contributed by atoms with Crippen LogP contribution < -0.4 is 4.90 Å². The fraction of sp³-hybridized carbons (Fsp3) is 0.238. The quantitative estimate of drug-likeness (QED) is 0.603. The van der Waals surface area contributed by atoms with Crippen LogP contribution in [0.5, 0.6) is 0 Å². The van der Waals surface area contributed by atoms with Crippen LogP contribution in [0.15, 0.2) is 55.0 Å². The largest absolute Gasteiger partial charge is 0.417 e. The number of carbonyl (C=O) groups excluding carboxylic acids is 1. The third-order valence-corrected chi connectivity index (χ3v) is 5.22. The van der Waals surface area contributed by atoms with Crippen molar-refractivity contribution in [1.29, 1.82) is 0 Å². The number of amides is 1. The maximum absolute atomic E-state index is 12.8. The van der Waals surface area contributed by atoms with Gasteiger partial charge in [-0.1, -0.05) is 41.9 Å². The normalized spacial score (nSPS) is 14.6. The number of nitrogens with zero attached hydrogens (tertiary/aromatic N) is 5. The lowest BCUT2D eigenvalue weighted by molar-refractivity contribution is -0.137. The molecular weight excluding hydrogens is 431 g/mol. The van der Waals surface area contributed by atoms with Crippen LogP contribution in [-0.2, 0) is 6.18 Å². The average Bonchev–Trinajstić information content (AvgIpc) is 2.79. The first-order valence-electron chi connectivity index (χ1n) is 9.47. The molecule has 4 rings (SSSR count). The van der Waals surface area contributed by atoms with E-state index in [0.29, 0.717) is 37.6 Å². The van der Waals surface area contributed by atoms with Crippen molar-refractivity contribution in [2.75, 3.05) is 31.1 Å². The van der Waals surface area contributed by atoms with E-state index in [1.807, 2.05) is 30.3 Å². The summed E-state index contributed by atoms with van der Waals surface area (Å²) in [6.45, 7) is 1.54. The molecule has 0 unspecified atom stereocenters. The van der Waals surface area contributed by atoms with Crippen LogP contribution in [0.25, 0.3) is 11.4 Å². The van der Waals surface area contributed by atoms with Crippen LogP contribution in [0.1, 0.15) is 15.9 Å². The molecule has 3 heterocycles. The summed E-state index contributed by atoms with van der Waals surface area (Å²) in [5, 5.41) is -0.0699. The molecule has 0 spiro atoms. The Bertz CT molecular complexity index is 1070. The van der Waals surface area contributed by atoms with Gasteiger partial charge in [-0.05, 0) is 6.07 Å². The van der Waals surface area contributed by atoms with Gasteiger partial charge in [-0.15, -0.1) is 0 Å². The van der Waals surface area contributed by atoms with Crippen molar-refractivity contribution in [2.45, 2.75) is 6.18 Å². The molecule has 0 radical (unpaired) electrons. The van der Waals surface area contributed by atoms with Gasteiger partial charge in [0, 0.05) is 50.3 Å². The summed E-state index contributed by atoms with van der Waals surface area (Å²) in [5.74, 6) is 0.605. The molecule has 1 fully saturated rings. The third kappa shape index (κ3) is 4.61. The monoisotopic (exact) mass is 447 g/mol. The van der Waals surface area contributed by atoms with Gasteiger partial charge in [-0.25, -0.2) is 15.0 Å². The second-order valence-corrected chi connectivity index (χ2v) is 7.38. The predicted octanol–water partition coefficient (Wildman–Crippen LogP) is 4.17. The van der Waals surface area contributed by atoms with Gasteiger partial charge in [0.25, 0.3) is 5.91 Å². The molecule has 2 aromatic heterocycles. The second kappa shape index (κ2) is 8.50. The van der Waals surface area contributed by atoms with E-state index in [-0.39, 0.29) is 16.7 Å². The Morgan fingerprint density at radius 2 is 1.58 bits per heavy atom. The highest BCUT2D eigenvalue weighted by molar-refractivity contribution is 6.33. The fourth-order valence-corrected chi connectivity index (χ4v) is 3.58. The maximum atomic E-state index is 12.8. The highest BCUT2D eigenvalue weighted by atomic mass is 35.5. The molecule has 31 heavy (non-hydrogen) atoms. The number of carbonyl (C=O) groups is 1. The van der Waals surface area contributed by atoms with Crippen LogP contribution in [0, 0.1) is 0 Å². The molecule has 1 aromatic carbocycles. The Kier molecular flexibility index (Phi) is 5.77. The number of hydrogen-bond donors (Lipinski definition) is 0. The molecule has 0 bridgehead atoms. The summed E-state index contributed by atoms with van der Waals surface area (Å²) < 4.78 is 38.4. The second-order valence-electron chi connectivity index (χ2n) is 6.97. The Morgan fingerprint density at radius 3 is 2.16 bits per heavy atom. The zero-order valence-electron chi connectivity index (χ0n) is 16.2. The van der Waals surface area contributed by atoms with Gasteiger partial charge in [-0.3, -0.25) is 4.79 Å². The van der Waals surface area contributed by atoms with Gasteiger partial charge >= 0.3 is 6.18 Å². The molecule has 1 aliphatic heterocycles. The summed E-state index contributed by atoms with van der Waals surface area (Å²) >= 11 is 6.03. The molecule has 0 aliphatic carbocycles. The standard InChI is InChI=1S/C21H17ClF3N5O/c22-17-10-16(21(23,24)25)13-28-19(17)29-6-8-30(9-7-29)20(31)15-11-26-18(27-12-15)14-4-2-1-3-5-14/h1-5,10-13H,6-9H2. The van der Waals surface area contributed by atoms with E-state index in [9.17, 15) is 18.0 Å². The SMILES string of the molecule is O=C(c1cnc(-c2ccccc2)nc1)N1CCN(c2ncc(C(F)(F)F)cc2Cl)CC1. The lowest BCUT2D eigenvalue weighted by Crippen LogP contribution is -2.49. The first-order chi connectivity index (χ1) is 14.8. The molecule has 1 aliphatic rings. The molecule has 0 saturated carbocycles. The Morgan fingerprint density at radius 1 is 0.935 bits per heavy atom. The number of aromatic nitrogens is 3. The van der Waals surface area contributed by atoms with Crippen molar-refractivity contribution in [3.05, 3.63) is 71.1 Å². The number of anilines is 1. The number of rotatable bonds is 3. The first-order valence-corrected chi connectivity index (χ1v) is 9.85. The summed E-state index contributed by atoms with van der Waals surface area (Å²) in [5.41, 5.74) is 0.337. The minimum absolute atomic E-state index is 0.0699. The Balaban J connectivity index is 1.40. The molecule has 10 heteroatoms. The predicted molar refractivity (Wildman–Crippen MR) is 110 cm³/mol. The highest BCUT2D eigenvalue weighted by Gasteiger charge is 2.32. The number of halogens is 4. The van der Waals surface area contributed by atoms with Crippen molar-refractivity contribution < 1.29 is 18.0 Å². The molecule has 6 nitrogen and oxygen atoms in total. The van der Waals surface area contributed by atoms with Crippen molar-refractivity contribution in [3.8, 4) is 11.4 Å². The number of benzene rings is 1. The molecule has 0 atom stereocenters. The van der Waals surface area contributed by atoms with E-state index < -0.39 is 11.7 Å². The first kappa shape index (κ1) is 21.0. The summed E-state index contributed by atoms with van der Waals surface area (Å²) in [7, 11) is 0. The molecule has 0 N–H and O–H groups in total. The minimum Gasteiger partial charge on any atom is -0.352 e. The van der Waals surface area contributed by atoms with Crippen LogP contribution >= 0.6 is 11.6 Å². The van der Waals surface area contributed by atoms with Gasteiger partial charge in [-0.2, -0.15) is 13.2 Å². The lowest BCUT2D eigenvalue weighted by Gasteiger charge is -2.35. The van der Waals surface area contributed by atoms with Gasteiger partial charge in [0.05, 0.1) is 16.1 Å². The Labute approximate surface area is 181 Å². The molecular formula is C21H17ClF3N5O. The van der Waals surface area contributed by atoms with Gasteiger partial charge in [0.1, 0.15) is 5.82 Å². The topological polar surface area (TPSA) is 62.2 Å². The van der Waals surface area contributed by atoms with Crippen molar-refractivity contribution >= 4 is 23.3 Å². The average molecular weight is 448 g/mol. The smallest absolute Gasteiger partial charge is 0.352 e. The van der Waals surface area contributed by atoms with E-state index in [1.165, 1.54) is 12.4 Å². The van der Waals surface area contributed by atoms with E-state index in [2.05, 4.69) is 15.0 Å². The van der Waals surface area contributed by atoms with Crippen LogP contribution in [0.4, 0.5) is 19.0 Å². The maximum Gasteiger partial charge on any atom is 0.417 e. The van der Waals surface area contributed by atoms with Crippen molar-refractivity contribution in [1.82, 2.24) is 19.9 Å². The molecule has 1 saturated heterocycles. The molecule has 1 amide bonds. The zero-order chi connectivity index (χ0) is 22.0. The third-order valence-electron chi connectivity index (χ3n) is 4.95. The van der Waals surface area contributed by atoms with Crippen LogP contribution in [0.3, 0.4) is 0 Å². The van der Waals surface area contributed by atoms with Gasteiger partial charge in [0.2, 0.25) is 0 Å². The van der Waals surface area contributed by atoms with Gasteiger partial charge < -0.3 is 9.80 Å². The fourth-order valence-electron chi connectivity index (χ4n) is 3.30. The van der Waals surface area contributed by atoms with Crippen LogP contribution in [-0.4, -0.2) is 51.9 Å².